The lowest BCUT2D eigenvalue weighted by molar-refractivity contribution is -0.139. The van der Waals surface area contributed by atoms with E-state index in [4.69, 9.17) is 5.11 Å². The van der Waals surface area contributed by atoms with E-state index in [1.807, 2.05) is 0 Å². The molecule has 0 radical (unpaired) electrons. The number of hydrogen-bond donors (Lipinski definition) is 2. The molecule has 2 N–H and O–H groups in total. The molecule has 0 unspecified atom stereocenters. The van der Waals surface area contributed by atoms with Crippen LogP contribution >= 0.6 is 0 Å². The normalized spacial score (nSPS) is 14.8. The first-order valence-corrected chi connectivity index (χ1v) is 6.53. The third-order valence-corrected chi connectivity index (χ3v) is 3.31. The number of halogens is 1. The van der Waals surface area contributed by atoms with Crippen LogP contribution in [-0.4, -0.2) is 41.6 Å². The van der Waals surface area contributed by atoms with E-state index in [1.165, 1.54) is 12.1 Å². The molecule has 1 saturated heterocycles. The van der Waals surface area contributed by atoms with E-state index >= 15 is 0 Å². The number of urea groups is 1. The van der Waals surface area contributed by atoms with Crippen molar-refractivity contribution < 1.29 is 19.1 Å². The molecular formula is C14H17FN2O3. The molecule has 1 aromatic carbocycles. The lowest BCUT2D eigenvalue weighted by Gasteiger charge is -2.38. The zero-order valence-electron chi connectivity index (χ0n) is 11.0. The summed E-state index contributed by atoms with van der Waals surface area (Å²) in [5.74, 6) is -1.04. The van der Waals surface area contributed by atoms with E-state index in [-0.39, 0.29) is 24.2 Å². The highest BCUT2D eigenvalue weighted by molar-refractivity contribution is 5.75. The summed E-state index contributed by atoms with van der Waals surface area (Å²) in [7, 11) is 0. The number of aliphatic carboxylic acids is 1. The Morgan fingerprint density at radius 1 is 1.30 bits per heavy atom. The van der Waals surface area contributed by atoms with Crippen molar-refractivity contribution in [1.82, 2.24) is 10.2 Å². The fourth-order valence-electron chi connectivity index (χ4n) is 2.19. The number of carbonyl (C=O) groups excluding carboxylic acids is 1. The zero-order valence-corrected chi connectivity index (χ0v) is 11.0. The first-order valence-electron chi connectivity index (χ1n) is 6.53. The van der Waals surface area contributed by atoms with Gasteiger partial charge in [-0.15, -0.1) is 0 Å². The summed E-state index contributed by atoms with van der Waals surface area (Å²) in [5, 5.41) is 11.4. The lowest BCUT2D eigenvalue weighted by Crippen LogP contribution is -2.54. The van der Waals surface area contributed by atoms with Crippen molar-refractivity contribution in [3.63, 3.8) is 0 Å². The summed E-state index contributed by atoms with van der Waals surface area (Å²) < 4.78 is 12.7. The van der Waals surface area contributed by atoms with Crippen LogP contribution in [0.5, 0.6) is 0 Å². The minimum atomic E-state index is -0.827. The number of benzene rings is 1. The fraction of sp³-hybridized carbons (Fsp3) is 0.429. The smallest absolute Gasteiger partial charge is 0.317 e. The molecule has 0 bridgehead atoms. The molecule has 0 aliphatic carbocycles. The van der Waals surface area contributed by atoms with Gasteiger partial charge in [0.2, 0.25) is 0 Å². The van der Waals surface area contributed by atoms with Gasteiger partial charge in [0.1, 0.15) is 5.82 Å². The predicted molar refractivity (Wildman–Crippen MR) is 70.8 cm³/mol. The predicted octanol–water partition coefficient (Wildman–Crippen LogP) is 1.48. The molecule has 2 amide bonds. The summed E-state index contributed by atoms with van der Waals surface area (Å²) in [6, 6.07) is 5.99. The molecule has 1 aromatic rings. The number of nitrogens with zero attached hydrogens (tertiary/aromatic N) is 1. The Labute approximate surface area is 116 Å². The van der Waals surface area contributed by atoms with Gasteiger partial charge in [-0.1, -0.05) is 12.1 Å². The highest BCUT2D eigenvalue weighted by Crippen LogP contribution is 2.18. The summed E-state index contributed by atoms with van der Waals surface area (Å²) >= 11 is 0. The SMILES string of the molecule is O=C(O)CC1CN(C(=O)NCCc2ccc(F)cc2)C1. The molecular weight excluding hydrogens is 263 g/mol. The quantitative estimate of drug-likeness (QED) is 0.858. The number of hydrogen-bond acceptors (Lipinski definition) is 2. The van der Waals surface area contributed by atoms with Crippen LogP contribution in [-0.2, 0) is 11.2 Å². The van der Waals surface area contributed by atoms with E-state index in [1.54, 1.807) is 17.0 Å². The number of carboxylic acids is 1. The fourth-order valence-corrected chi connectivity index (χ4v) is 2.19. The minimum Gasteiger partial charge on any atom is -0.481 e. The van der Waals surface area contributed by atoms with Crippen LogP contribution in [0, 0.1) is 11.7 Å². The van der Waals surface area contributed by atoms with Crippen LogP contribution in [0.4, 0.5) is 9.18 Å². The van der Waals surface area contributed by atoms with E-state index < -0.39 is 5.97 Å². The number of likely N-dealkylation sites (tertiary alicyclic amines) is 1. The van der Waals surface area contributed by atoms with Crippen molar-refractivity contribution >= 4 is 12.0 Å². The highest BCUT2D eigenvalue weighted by atomic mass is 19.1. The maximum atomic E-state index is 12.7. The molecule has 1 aliphatic heterocycles. The van der Waals surface area contributed by atoms with Crippen LogP contribution in [0.25, 0.3) is 0 Å². The Balaban J connectivity index is 1.64. The number of nitrogens with one attached hydrogen (secondary N) is 1. The van der Waals surface area contributed by atoms with Crippen LogP contribution < -0.4 is 5.32 Å². The molecule has 0 saturated carbocycles. The number of amides is 2. The molecule has 0 atom stereocenters. The van der Waals surface area contributed by atoms with Crippen molar-refractivity contribution in [1.29, 1.82) is 0 Å². The average Bonchev–Trinajstić information content (AvgIpc) is 2.35. The summed E-state index contributed by atoms with van der Waals surface area (Å²) in [6.07, 6.45) is 0.748. The van der Waals surface area contributed by atoms with E-state index in [9.17, 15) is 14.0 Å². The van der Waals surface area contributed by atoms with Gasteiger partial charge in [0.05, 0.1) is 6.42 Å². The molecule has 1 aliphatic rings. The van der Waals surface area contributed by atoms with Crippen molar-refractivity contribution in [2.45, 2.75) is 12.8 Å². The molecule has 2 rings (SSSR count). The Hall–Kier alpha value is -2.11. The van der Waals surface area contributed by atoms with Gasteiger partial charge in [-0.05, 0) is 24.1 Å². The second-order valence-corrected chi connectivity index (χ2v) is 4.98. The summed E-state index contributed by atoms with van der Waals surface area (Å²) in [5.41, 5.74) is 0.957. The van der Waals surface area contributed by atoms with Gasteiger partial charge in [-0.25, -0.2) is 9.18 Å². The van der Waals surface area contributed by atoms with Crippen LogP contribution in [0.15, 0.2) is 24.3 Å². The standard InChI is InChI=1S/C14H17FN2O3/c15-12-3-1-10(2-4-12)5-6-16-14(20)17-8-11(9-17)7-13(18)19/h1-4,11H,5-9H2,(H,16,20)(H,18,19). The lowest BCUT2D eigenvalue weighted by atomic mass is 9.97. The first-order chi connectivity index (χ1) is 9.54. The molecule has 0 spiro atoms. The number of carbonyl (C=O) groups is 2. The van der Waals surface area contributed by atoms with Gasteiger partial charge in [0.25, 0.3) is 0 Å². The Morgan fingerprint density at radius 2 is 1.95 bits per heavy atom. The Kier molecular flexibility index (Phi) is 4.55. The Morgan fingerprint density at radius 3 is 2.55 bits per heavy atom. The van der Waals surface area contributed by atoms with E-state index in [2.05, 4.69) is 5.32 Å². The van der Waals surface area contributed by atoms with Crippen LogP contribution in [0.1, 0.15) is 12.0 Å². The van der Waals surface area contributed by atoms with Crippen LogP contribution in [0.2, 0.25) is 0 Å². The van der Waals surface area contributed by atoms with E-state index in [0.29, 0.717) is 26.1 Å². The minimum absolute atomic E-state index is 0.0651. The maximum Gasteiger partial charge on any atom is 0.317 e. The first kappa shape index (κ1) is 14.3. The zero-order chi connectivity index (χ0) is 14.5. The largest absolute Gasteiger partial charge is 0.481 e. The molecule has 1 heterocycles. The molecule has 6 heteroatoms. The molecule has 108 valence electrons. The van der Waals surface area contributed by atoms with Crippen molar-refractivity contribution in [2.75, 3.05) is 19.6 Å². The second-order valence-electron chi connectivity index (χ2n) is 4.98. The second kappa shape index (κ2) is 6.36. The number of rotatable bonds is 5. The van der Waals surface area contributed by atoms with Crippen molar-refractivity contribution in [2.24, 2.45) is 5.92 Å². The monoisotopic (exact) mass is 280 g/mol. The molecule has 0 aromatic heterocycles. The van der Waals surface area contributed by atoms with E-state index in [0.717, 1.165) is 5.56 Å². The van der Waals surface area contributed by atoms with Gasteiger partial charge in [-0.2, -0.15) is 0 Å². The van der Waals surface area contributed by atoms with Crippen molar-refractivity contribution in [3.05, 3.63) is 35.6 Å². The van der Waals surface area contributed by atoms with Gasteiger partial charge >= 0.3 is 12.0 Å². The summed E-state index contributed by atoms with van der Waals surface area (Å²) in [4.78, 5) is 23.8. The topological polar surface area (TPSA) is 69.6 Å². The average molecular weight is 280 g/mol. The van der Waals surface area contributed by atoms with Gasteiger partial charge in [0, 0.05) is 25.6 Å². The van der Waals surface area contributed by atoms with Gasteiger partial charge < -0.3 is 15.3 Å². The number of carboxylic acid groups (broad SMARTS) is 1. The third-order valence-electron chi connectivity index (χ3n) is 3.31. The Bertz CT molecular complexity index is 484. The van der Waals surface area contributed by atoms with Crippen LogP contribution in [0.3, 0.4) is 0 Å². The van der Waals surface area contributed by atoms with Gasteiger partial charge in [0.15, 0.2) is 0 Å². The highest BCUT2D eigenvalue weighted by Gasteiger charge is 2.31. The summed E-state index contributed by atoms with van der Waals surface area (Å²) in [6.45, 7) is 1.47. The maximum absolute atomic E-state index is 12.7. The van der Waals surface area contributed by atoms with Crippen molar-refractivity contribution in [3.8, 4) is 0 Å². The van der Waals surface area contributed by atoms with Gasteiger partial charge in [-0.3, -0.25) is 4.79 Å². The molecule has 20 heavy (non-hydrogen) atoms. The molecule has 5 nitrogen and oxygen atoms in total. The third kappa shape index (κ3) is 3.94. The molecule has 1 fully saturated rings.